The number of carbonyl (C=O) groups excluding carboxylic acids is 1. The molecule has 0 saturated heterocycles. The Labute approximate surface area is 129 Å². The first-order valence-electron chi connectivity index (χ1n) is 5.86. The van der Waals surface area contributed by atoms with Crippen LogP contribution in [0.3, 0.4) is 0 Å². The predicted octanol–water partition coefficient (Wildman–Crippen LogP) is 4.35. The van der Waals surface area contributed by atoms with Gasteiger partial charge in [-0.15, -0.1) is 11.6 Å². The van der Waals surface area contributed by atoms with Gasteiger partial charge in [-0.1, -0.05) is 15.9 Å². The van der Waals surface area contributed by atoms with Crippen molar-refractivity contribution in [2.24, 2.45) is 5.41 Å². The Kier molecular flexibility index (Phi) is 4.73. The molecule has 1 aromatic carbocycles. The maximum Gasteiger partial charge on any atom is 0.252 e. The second kappa shape index (κ2) is 5.93. The molecule has 1 saturated carbocycles. The zero-order chi connectivity index (χ0) is 13.2. The van der Waals surface area contributed by atoms with E-state index in [2.05, 4.69) is 37.2 Å². The molecule has 0 aromatic heterocycles. The number of alkyl halides is 1. The molecule has 0 spiro atoms. The third-order valence-corrected chi connectivity index (χ3v) is 4.72. The van der Waals surface area contributed by atoms with Crippen molar-refractivity contribution < 1.29 is 4.79 Å². The number of rotatable bonds is 5. The monoisotopic (exact) mass is 393 g/mol. The highest BCUT2D eigenvalue weighted by Crippen LogP contribution is 2.48. The first-order chi connectivity index (χ1) is 8.56. The van der Waals surface area contributed by atoms with E-state index in [1.165, 1.54) is 12.8 Å². The van der Waals surface area contributed by atoms with Gasteiger partial charge in [-0.05, 0) is 58.8 Å². The van der Waals surface area contributed by atoms with Crippen LogP contribution in [0.2, 0.25) is 0 Å². The topological polar surface area (TPSA) is 29.1 Å². The molecular weight excluding hydrogens is 381 g/mol. The maximum absolute atomic E-state index is 12.1. The smallest absolute Gasteiger partial charge is 0.252 e. The fraction of sp³-hybridized carbons (Fsp3) is 0.462. The van der Waals surface area contributed by atoms with E-state index in [1.807, 2.05) is 18.2 Å². The van der Waals surface area contributed by atoms with Crippen LogP contribution in [0.1, 0.15) is 29.6 Å². The van der Waals surface area contributed by atoms with Crippen LogP contribution in [-0.4, -0.2) is 18.3 Å². The van der Waals surface area contributed by atoms with Crippen molar-refractivity contribution in [3.8, 4) is 0 Å². The van der Waals surface area contributed by atoms with E-state index >= 15 is 0 Å². The van der Waals surface area contributed by atoms with Crippen molar-refractivity contribution in [1.29, 1.82) is 0 Å². The molecule has 0 heterocycles. The summed E-state index contributed by atoms with van der Waals surface area (Å²) in [5.41, 5.74) is 0.930. The second-order valence-electron chi connectivity index (χ2n) is 4.75. The first kappa shape index (κ1) is 14.4. The molecule has 1 amide bonds. The lowest BCUT2D eigenvalue weighted by Crippen LogP contribution is -2.30. The number of amides is 1. The second-order valence-corrected chi connectivity index (χ2v) is 6.89. The van der Waals surface area contributed by atoms with Gasteiger partial charge in [0.15, 0.2) is 0 Å². The molecule has 18 heavy (non-hydrogen) atoms. The highest BCUT2D eigenvalue weighted by molar-refractivity contribution is 9.11. The van der Waals surface area contributed by atoms with Gasteiger partial charge in [-0.25, -0.2) is 0 Å². The van der Waals surface area contributed by atoms with Crippen molar-refractivity contribution in [1.82, 2.24) is 5.32 Å². The van der Waals surface area contributed by atoms with E-state index in [-0.39, 0.29) is 11.3 Å². The summed E-state index contributed by atoms with van der Waals surface area (Å²) in [6.45, 7) is 0.723. The summed E-state index contributed by atoms with van der Waals surface area (Å²) in [6, 6.07) is 5.55. The number of benzene rings is 1. The molecule has 1 N–H and O–H groups in total. The summed E-state index contributed by atoms with van der Waals surface area (Å²) in [5, 5.41) is 3.00. The van der Waals surface area contributed by atoms with Gasteiger partial charge in [0, 0.05) is 21.4 Å². The fourth-order valence-electron chi connectivity index (χ4n) is 1.93. The average Bonchev–Trinajstić information content (AvgIpc) is 3.07. The summed E-state index contributed by atoms with van der Waals surface area (Å²) >= 11 is 12.5. The highest BCUT2D eigenvalue weighted by Gasteiger charge is 2.41. The van der Waals surface area contributed by atoms with Crippen LogP contribution in [0.4, 0.5) is 0 Å². The lowest BCUT2D eigenvalue weighted by molar-refractivity contribution is 0.0943. The third kappa shape index (κ3) is 3.49. The molecule has 1 aromatic rings. The van der Waals surface area contributed by atoms with Crippen molar-refractivity contribution in [2.45, 2.75) is 19.3 Å². The van der Waals surface area contributed by atoms with Crippen molar-refractivity contribution in [3.05, 3.63) is 32.7 Å². The quantitative estimate of drug-likeness (QED) is 0.738. The molecule has 1 aliphatic rings. The van der Waals surface area contributed by atoms with Gasteiger partial charge in [0.1, 0.15) is 0 Å². The Morgan fingerprint density at radius 2 is 2.11 bits per heavy atom. The summed E-state index contributed by atoms with van der Waals surface area (Å²) in [6.07, 6.45) is 3.32. The Hall–Kier alpha value is -0.0600. The minimum absolute atomic E-state index is 0.0322. The van der Waals surface area contributed by atoms with E-state index in [4.69, 9.17) is 11.6 Å². The van der Waals surface area contributed by atoms with Crippen LogP contribution in [0.5, 0.6) is 0 Å². The van der Waals surface area contributed by atoms with Crippen LogP contribution in [0, 0.1) is 5.41 Å². The Balaban J connectivity index is 1.96. The van der Waals surface area contributed by atoms with Gasteiger partial charge in [-0.2, -0.15) is 0 Å². The first-order valence-corrected chi connectivity index (χ1v) is 7.98. The van der Waals surface area contributed by atoms with E-state index in [0.717, 1.165) is 21.9 Å². The number of hydrogen-bond donors (Lipinski definition) is 1. The standard InChI is InChI=1S/C13H14Br2ClNO/c14-9-1-2-10(11(15)7-9)12(18)17-8-13(3-4-13)5-6-16/h1-2,7H,3-6,8H2,(H,17,18). The van der Waals surface area contributed by atoms with Crippen LogP contribution < -0.4 is 5.32 Å². The van der Waals surface area contributed by atoms with E-state index in [9.17, 15) is 4.79 Å². The zero-order valence-electron chi connectivity index (χ0n) is 9.81. The summed E-state index contributed by atoms with van der Waals surface area (Å²) < 4.78 is 1.75. The van der Waals surface area contributed by atoms with Crippen LogP contribution in [0.25, 0.3) is 0 Å². The lowest BCUT2D eigenvalue weighted by Gasteiger charge is -2.15. The minimum atomic E-state index is -0.0322. The average molecular weight is 396 g/mol. The van der Waals surface area contributed by atoms with Gasteiger partial charge in [0.25, 0.3) is 5.91 Å². The molecule has 2 nitrogen and oxygen atoms in total. The Morgan fingerprint density at radius 3 is 2.67 bits per heavy atom. The molecule has 0 aliphatic heterocycles. The molecule has 0 atom stereocenters. The van der Waals surface area contributed by atoms with Crippen LogP contribution >= 0.6 is 43.5 Å². The molecular formula is C13H14Br2ClNO. The fourth-order valence-corrected chi connectivity index (χ4v) is 3.56. The summed E-state index contributed by atoms with van der Waals surface area (Å²) in [5.74, 6) is 0.632. The van der Waals surface area contributed by atoms with Crippen LogP contribution in [-0.2, 0) is 0 Å². The van der Waals surface area contributed by atoms with Crippen molar-refractivity contribution in [2.75, 3.05) is 12.4 Å². The number of nitrogens with one attached hydrogen (secondary N) is 1. The van der Waals surface area contributed by atoms with Gasteiger partial charge >= 0.3 is 0 Å². The maximum atomic E-state index is 12.1. The SMILES string of the molecule is O=C(NCC1(CCCl)CC1)c1ccc(Br)cc1Br. The lowest BCUT2D eigenvalue weighted by atomic mass is 10.0. The number of hydrogen-bond acceptors (Lipinski definition) is 1. The Bertz CT molecular complexity index is 460. The van der Waals surface area contributed by atoms with Crippen LogP contribution in [0.15, 0.2) is 27.1 Å². The van der Waals surface area contributed by atoms with Gasteiger partial charge in [0.05, 0.1) is 5.56 Å². The molecule has 0 unspecified atom stereocenters. The third-order valence-electron chi connectivity index (χ3n) is 3.38. The van der Waals surface area contributed by atoms with E-state index in [0.29, 0.717) is 11.4 Å². The molecule has 1 aliphatic carbocycles. The number of halogens is 3. The molecule has 98 valence electrons. The molecule has 0 radical (unpaired) electrons. The largest absolute Gasteiger partial charge is 0.351 e. The number of carbonyl (C=O) groups is 1. The van der Waals surface area contributed by atoms with Gasteiger partial charge < -0.3 is 5.32 Å². The van der Waals surface area contributed by atoms with E-state index < -0.39 is 0 Å². The Morgan fingerprint density at radius 1 is 1.39 bits per heavy atom. The van der Waals surface area contributed by atoms with Crippen molar-refractivity contribution >= 4 is 49.4 Å². The molecule has 0 bridgehead atoms. The van der Waals surface area contributed by atoms with Gasteiger partial charge in [0.2, 0.25) is 0 Å². The summed E-state index contributed by atoms with van der Waals surface area (Å²) in [7, 11) is 0. The molecule has 5 heteroatoms. The zero-order valence-corrected chi connectivity index (χ0v) is 13.7. The highest BCUT2D eigenvalue weighted by atomic mass is 79.9. The molecule has 1 fully saturated rings. The molecule has 2 rings (SSSR count). The minimum Gasteiger partial charge on any atom is -0.351 e. The van der Waals surface area contributed by atoms with E-state index in [1.54, 1.807) is 0 Å². The van der Waals surface area contributed by atoms with Crippen molar-refractivity contribution in [3.63, 3.8) is 0 Å². The normalized spacial score (nSPS) is 16.4. The summed E-state index contributed by atoms with van der Waals surface area (Å²) in [4.78, 5) is 12.1. The van der Waals surface area contributed by atoms with Gasteiger partial charge in [-0.3, -0.25) is 4.79 Å². The predicted molar refractivity (Wildman–Crippen MR) is 81.2 cm³/mol.